The molecule has 0 fully saturated rings. The number of aromatic hydroxyl groups is 1. The van der Waals surface area contributed by atoms with Crippen molar-refractivity contribution in [1.29, 1.82) is 0 Å². The maximum atomic E-state index is 12.2. The summed E-state index contributed by atoms with van der Waals surface area (Å²) in [5.74, 6) is -2.17. The molecule has 1 atom stereocenters. The number of nitrogens with zero attached hydrogens (tertiary/aromatic N) is 2. The van der Waals surface area contributed by atoms with E-state index in [1.807, 2.05) is 5.32 Å². The Morgan fingerprint density at radius 2 is 2.14 bits per heavy atom. The number of phenolic OH excluding ortho intramolecular Hbond substituents is 1. The molecule has 1 aromatic heterocycles. The van der Waals surface area contributed by atoms with Crippen LogP contribution >= 0.6 is 0 Å². The smallest absolute Gasteiger partial charge is 0.471 e. The van der Waals surface area contributed by atoms with Crippen molar-refractivity contribution in [2.45, 2.75) is 19.1 Å². The van der Waals surface area contributed by atoms with Crippen LogP contribution in [0.3, 0.4) is 0 Å². The molecule has 1 heterocycles. The van der Waals surface area contributed by atoms with Gasteiger partial charge in [-0.25, -0.2) is 4.68 Å². The van der Waals surface area contributed by atoms with E-state index in [1.165, 1.54) is 36.0 Å². The third-order valence-corrected chi connectivity index (χ3v) is 2.86. The van der Waals surface area contributed by atoms with Gasteiger partial charge in [-0.3, -0.25) is 4.79 Å². The lowest BCUT2D eigenvalue weighted by molar-refractivity contribution is -0.174. The van der Waals surface area contributed by atoms with E-state index in [2.05, 4.69) is 5.10 Å². The number of halogens is 3. The van der Waals surface area contributed by atoms with Crippen molar-refractivity contribution >= 4 is 5.91 Å². The Kier molecular flexibility index (Phi) is 3.88. The lowest BCUT2D eigenvalue weighted by Crippen LogP contribution is -2.38. The molecule has 2 N–H and O–H groups in total. The van der Waals surface area contributed by atoms with E-state index >= 15 is 0 Å². The Morgan fingerprint density at radius 1 is 1.43 bits per heavy atom. The minimum Gasteiger partial charge on any atom is -0.506 e. The van der Waals surface area contributed by atoms with Crippen LogP contribution in [0.5, 0.6) is 5.75 Å². The average molecular weight is 299 g/mol. The highest BCUT2D eigenvalue weighted by molar-refractivity contribution is 5.82. The summed E-state index contributed by atoms with van der Waals surface area (Å²) >= 11 is 0. The predicted molar refractivity (Wildman–Crippen MR) is 67.8 cm³/mol. The monoisotopic (exact) mass is 299 g/mol. The van der Waals surface area contributed by atoms with Gasteiger partial charge in [-0.15, -0.1) is 0 Å². The van der Waals surface area contributed by atoms with Crippen LogP contribution in [-0.2, 0) is 4.79 Å². The van der Waals surface area contributed by atoms with Crippen molar-refractivity contribution in [3.05, 3.63) is 42.2 Å². The first-order chi connectivity index (χ1) is 9.79. The molecular formula is C13H12F3N3O2. The summed E-state index contributed by atoms with van der Waals surface area (Å²) in [6, 6.07) is 5.08. The fourth-order valence-electron chi connectivity index (χ4n) is 1.78. The summed E-state index contributed by atoms with van der Waals surface area (Å²) in [5, 5.41) is 15.7. The van der Waals surface area contributed by atoms with E-state index in [0.717, 1.165) is 0 Å². The molecule has 0 aliphatic heterocycles. The first-order valence-electron chi connectivity index (χ1n) is 5.99. The summed E-state index contributed by atoms with van der Waals surface area (Å²) in [7, 11) is 0. The quantitative estimate of drug-likeness (QED) is 0.914. The van der Waals surface area contributed by atoms with Gasteiger partial charge in [-0.1, -0.05) is 6.07 Å². The van der Waals surface area contributed by atoms with E-state index < -0.39 is 18.1 Å². The van der Waals surface area contributed by atoms with E-state index in [9.17, 15) is 23.1 Å². The van der Waals surface area contributed by atoms with Gasteiger partial charge in [0.1, 0.15) is 11.4 Å². The Bertz CT molecular complexity index is 639. The van der Waals surface area contributed by atoms with Gasteiger partial charge >= 0.3 is 12.1 Å². The summed E-state index contributed by atoms with van der Waals surface area (Å²) < 4.78 is 38.0. The number of benzene rings is 1. The zero-order valence-electron chi connectivity index (χ0n) is 10.9. The van der Waals surface area contributed by atoms with Gasteiger partial charge in [0.2, 0.25) is 0 Å². The molecule has 0 radical (unpaired) electrons. The SMILES string of the molecule is C[C@@H](NC(=O)C(F)(F)F)c1ccc(-n2cccn2)c(O)c1. The highest BCUT2D eigenvalue weighted by atomic mass is 19.4. The number of hydrogen-bond donors (Lipinski definition) is 2. The van der Waals surface area contributed by atoms with Gasteiger partial charge in [0, 0.05) is 12.4 Å². The number of aromatic nitrogens is 2. The summed E-state index contributed by atoms with van der Waals surface area (Å²) in [5.41, 5.74) is 0.735. The molecule has 8 heteroatoms. The molecule has 2 rings (SSSR count). The average Bonchev–Trinajstić information content (AvgIpc) is 2.91. The second-order valence-electron chi connectivity index (χ2n) is 4.39. The number of nitrogens with one attached hydrogen (secondary N) is 1. The van der Waals surface area contributed by atoms with Crippen molar-refractivity contribution in [2.24, 2.45) is 0 Å². The Hall–Kier alpha value is -2.51. The number of carbonyl (C=O) groups excluding carboxylic acids is 1. The number of phenols is 1. The fraction of sp³-hybridized carbons (Fsp3) is 0.231. The van der Waals surface area contributed by atoms with Crippen LogP contribution in [0, 0.1) is 0 Å². The minimum atomic E-state index is -4.94. The fourth-order valence-corrected chi connectivity index (χ4v) is 1.78. The lowest BCUT2D eigenvalue weighted by Gasteiger charge is -2.16. The van der Waals surface area contributed by atoms with Crippen molar-refractivity contribution in [2.75, 3.05) is 0 Å². The molecule has 0 saturated carbocycles. The Morgan fingerprint density at radius 3 is 2.67 bits per heavy atom. The van der Waals surface area contributed by atoms with Crippen LogP contribution in [0.1, 0.15) is 18.5 Å². The molecule has 0 unspecified atom stereocenters. The molecule has 0 aliphatic carbocycles. The van der Waals surface area contributed by atoms with Gasteiger partial charge in [0.15, 0.2) is 0 Å². The Balaban J connectivity index is 2.18. The van der Waals surface area contributed by atoms with E-state index in [1.54, 1.807) is 12.3 Å². The second kappa shape index (κ2) is 5.47. The zero-order chi connectivity index (χ0) is 15.6. The van der Waals surface area contributed by atoms with E-state index in [4.69, 9.17) is 0 Å². The number of rotatable bonds is 3. The van der Waals surface area contributed by atoms with Gasteiger partial charge in [0.05, 0.1) is 6.04 Å². The normalized spacial score (nSPS) is 13.0. The van der Waals surface area contributed by atoms with Crippen LogP contribution in [0.15, 0.2) is 36.7 Å². The zero-order valence-corrected chi connectivity index (χ0v) is 10.9. The molecule has 112 valence electrons. The number of alkyl halides is 3. The minimum absolute atomic E-state index is 0.149. The highest BCUT2D eigenvalue weighted by Crippen LogP contribution is 2.26. The third-order valence-electron chi connectivity index (χ3n) is 2.86. The van der Waals surface area contributed by atoms with Crippen molar-refractivity contribution in [3.63, 3.8) is 0 Å². The first kappa shape index (κ1) is 14.9. The summed E-state index contributed by atoms with van der Waals surface area (Å²) in [6.07, 6.45) is -1.80. The summed E-state index contributed by atoms with van der Waals surface area (Å²) in [6.45, 7) is 1.39. The molecule has 1 aromatic carbocycles. The predicted octanol–water partition coefficient (Wildman–Crippen LogP) is 2.32. The van der Waals surface area contributed by atoms with Crippen molar-refractivity contribution in [1.82, 2.24) is 15.1 Å². The molecule has 2 aromatic rings. The van der Waals surface area contributed by atoms with Crippen LogP contribution < -0.4 is 5.32 Å². The number of amides is 1. The third kappa shape index (κ3) is 3.33. The molecule has 5 nitrogen and oxygen atoms in total. The number of hydrogen-bond acceptors (Lipinski definition) is 3. The van der Waals surface area contributed by atoms with Gasteiger partial charge in [0.25, 0.3) is 0 Å². The maximum absolute atomic E-state index is 12.2. The van der Waals surface area contributed by atoms with Crippen LogP contribution in [0.25, 0.3) is 5.69 Å². The second-order valence-corrected chi connectivity index (χ2v) is 4.39. The molecule has 0 saturated heterocycles. The largest absolute Gasteiger partial charge is 0.506 e. The topological polar surface area (TPSA) is 67.2 Å². The van der Waals surface area contributed by atoms with Crippen LogP contribution in [0.2, 0.25) is 0 Å². The molecule has 1 amide bonds. The van der Waals surface area contributed by atoms with Crippen molar-refractivity contribution < 1.29 is 23.1 Å². The van der Waals surface area contributed by atoms with E-state index in [0.29, 0.717) is 11.3 Å². The van der Waals surface area contributed by atoms with Crippen LogP contribution in [0.4, 0.5) is 13.2 Å². The standard InChI is InChI=1S/C13H12F3N3O2/c1-8(18-12(21)13(14,15)16)9-3-4-10(11(20)7-9)19-6-2-5-17-19/h2-8,20H,1H3,(H,18,21)/t8-/m1/s1. The van der Waals surface area contributed by atoms with Gasteiger partial charge in [-0.2, -0.15) is 18.3 Å². The Labute approximate surface area is 118 Å². The molecule has 0 aliphatic rings. The summed E-state index contributed by atoms with van der Waals surface area (Å²) in [4.78, 5) is 10.9. The lowest BCUT2D eigenvalue weighted by atomic mass is 10.1. The number of carbonyl (C=O) groups is 1. The molecule has 0 spiro atoms. The van der Waals surface area contributed by atoms with Crippen LogP contribution in [-0.4, -0.2) is 27.0 Å². The van der Waals surface area contributed by atoms with E-state index in [-0.39, 0.29) is 5.75 Å². The highest BCUT2D eigenvalue weighted by Gasteiger charge is 2.39. The van der Waals surface area contributed by atoms with Crippen molar-refractivity contribution in [3.8, 4) is 11.4 Å². The van der Waals surface area contributed by atoms with Gasteiger partial charge in [-0.05, 0) is 30.7 Å². The maximum Gasteiger partial charge on any atom is 0.471 e. The molecule has 0 bridgehead atoms. The first-order valence-corrected chi connectivity index (χ1v) is 5.99. The molecular weight excluding hydrogens is 287 g/mol. The van der Waals surface area contributed by atoms with Gasteiger partial charge < -0.3 is 10.4 Å². The molecule has 21 heavy (non-hydrogen) atoms.